The maximum Gasteiger partial charge on any atom is 0.269 e. The molecule has 33 heavy (non-hydrogen) atoms. The summed E-state index contributed by atoms with van der Waals surface area (Å²) >= 11 is 8.14. The Labute approximate surface area is 203 Å². The summed E-state index contributed by atoms with van der Waals surface area (Å²) in [4.78, 5) is 19.2. The molecular formula is C26H24ClN3O2S. The van der Waals surface area contributed by atoms with E-state index in [1.54, 1.807) is 30.1 Å². The largest absolute Gasteiger partial charge is 0.365 e. The first-order chi connectivity index (χ1) is 15.6. The standard InChI is InChI=1S/C26H24ClN3O2S/c1-17-15-26(2,3)29(4)25-14-24(27)18(13-23(17)25)16-28-19-5-9-21(10-6-19)33-22-11-7-20(8-12-22)30(31)32/h5-16H,1-4H3. The molecule has 0 bridgehead atoms. The van der Waals surface area contributed by atoms with Crippen LogP contribution in [0.3, 0.4) is 0 Å². The Morgan fingerprint density at radius 3 is 2.27 bits per heavy atom. The van der Waals surface area contributed by atoms with Gasteiger partial charge in [-0.3, -0.25) is 15.1 Å². The van der Waals surface area contributed by atoms with Crippen molar-refractivity contribution in [2.45, 2.75) is 36.1 Å². The van der Waals surface area contributed by atoms with E-state index in [0.717, 1.165) is 32.3 Å². The molecule has 0 atom stereocenters. The van der Waals surface area contributed by atoms with Crippen LogP contribution in [0.1, 0.15) is 31.9 Å². The van der Waals surface area contributed by atoms with Gasteiger partial charge in [0.1, 0.15) is 0 Å². The molecule has 168 valence electrons. The van der Waals surface area contributed by atoms with Crippen LogP contribution in [-0.2, 0) is 0 Å². The molecule has 0 aliphatic carbocycles. The molecule has 1 aliphatic heterocycles. The van der Waals surface area contributed by atoms with Crippen molar-refractivity contribution in [1.29, 1.82) is 0 Å². The molecule has 7 heteroatoms. The Hall–Kier alpha value is -3.09. The molecule has 0 radical (unpaired) electrons. The molecule has 5 nitrogen and oxygen atoms in total. The summed E-state index contributed by atoms with van der Waals surface area (Å²) in [7, 11) is 2.09. The van der Waals surface area contributed by atoms with Gasteiger partial charge in [-0.2, -0.15) is 0 Å². The van der Waals surface area contributed by atoms with Crippen LogP contribution in [0.25, 0.3) is 5.57 Å². The smallest absolute Gasteiger partial charge is 0.269 e. The lowest BCUT2D eigenvalue weighted by Crippen LogP contribution is -2.42. The number of hydrogen-bond acceptors (Lipinski definition) is 5. The molecule has 3 aromatic carbocycles. The summed E-state index contributed by atoms with van der Waals surface area (Å²) in [6, 6.07) is 18.5. The van der Waals surface area contributed by atoms with Crippen LogP contribution >= 0.6 is 23.4 Å². The molecule has 1 heterocycles. The van der Waals surface area contributed by atoms with Gasteiger partial charge >= 0.3 is 0 Å². The van der Waals surface area contributed by atoms with E-state index in [9.17, 15) is 10.1 Å². The van der Waals surface area contributed by atoms with Gasteiger partial charge < -0.3 is 4.90 Å². The monoisotopic (exact) mass is 477 g/mol. The molecule has 0 N–H and O–H groups in total. The van der Waals surface area contributed by atoms with Gasteiger partial charge in [-0.05, 0) is 74.9 Å². The summed E-state index contributed by atoms with van der Waals surface area (Å²) in [6.07, 6.45) is 4.07. The number of aliphatic imine (C=N–C) groups is 1. The summed E-state index contributed by atoms with van der Waals surface area (Å²) < 4.78 is 0. The highest BCUT2D eigenvalue weighted by Crippen LogP contribution is 2.40. The summed E-state index contributed by atoms with van der Waals surface area (Å²) in [5.41, 5.74) is 5.23. The van der Waals surface area contributed by atoms with Crippen molar-refractivity contribution in [2.75, 3.05) is 11.9 Å². The second-order valence-corrected chi connectivity index (χ2v) is 10.1. The van der Waals surface area contributed by atoms with Crippen molar-refractivity contribution in [2.24, 2.45) is 4.99 Å². The normalized spacial score (nSPS) is 14.8. The Kier molecular flexibility index (Phi) is 6.32. The number of hydrogen-bond donors (Lipinski definition) is 0. The molecular weight excluding hydrogens is 454 g/mol. The lowest BCUT2D eigenvalue weighted by atomic mass is 9.88. The van der Waals surface area contributed by atoms with Gasteiger partial charge in [0.05, 0.1) is 21.2 Å². The predicted octanol–water partition coefficient (Wildman–Crippen LogP) is 7.78. The van der Waals surface area contributed by atoms with Crippen molar-refractivity contribution >= 4 is 52.2 Å². The van der Waals surface area contributed by atoms with Crippen LogP contribution in [0.4, 0.5) is 17.1 Å². The Balaban J connectivity index is 1.51. The van der Waals surface area contributed by atoms with E-state index >= 15 is 0 Å². The zero-order valence-electron chi connectivity index (χ0n) is 18.9. The number of benzene rings is 3. The maximum absolute atomic E-state index is 10.8. The van der Waals surface area contributed by atoms with E-state index in [2.05, 4.69) is 49.9 Å². The molecule has 0 aromatic heterocycles. The van der Waals surface area contributed by atoms with E-state index in [1.807, 2.05) is 30.3 Å². The second kappa shape index (κ2) is 9.04. The zero-order valence-corrected chi connectivity index (χ0v) is 20.4. The molecule has 0 saturated heterocycles. The maximum atomic E-state index is 10.8. The minimum Gasteiger partial charge on any atom is -0.365 e. The van der Waals surface area contributed by atoms with E-state index in [4.69, 9.17) is 11.6 Å². The van der Waals surface area contributed by atoms with Gasteiger partial charge in [0, 0.05) is 52.0 Å². The van der Waals surface area contributed by atoms with E-state index in [1.165, 1.54) is 17.7 Å². The van der Waals surface area contributed by atoms with Crippen LogP contribution in [-0.4, -0.2) is 23.7 Å². The number of rotatable bonds is 5. The SMILES string of the molecule is CC1=CC(C)(C)N(C)c2cc(Cl)c(C=Nc3ccc(Sc4ccc([N+](=O)[O-])cc4)cc3)cc21. The van der Waals surface area contributed by atoms with Crippen LogP contribution in [0.5, 0.6) is 0 Å². The predicted molar refractivity (Wildman–Crippen MR) is 139 cm³/mol. The third kappa shape index (κ3) is 4.97. The first kappa shape index (κ1) is 23.1. The fraction of sp³-hybridized carbons (Fsp3) is 0.192. The van der Waals surface area contributed by atoms with Gasteiger partial charge in [0.25, 0.3) is 5.69 Å². The van der Waals surface area contributed by atoms with E-state index in [-0.39, 0.29) is 11.2 Å². The van der Waals surface area contributed by atoms with Gasteiger partial charge in [0.2, 0.25) is 0 Å². The van der Waals surface area contributed by atoms with Crippen LogP contribution in [0.2, 0.25) is 5.02 Å². The molecule has 0 saturated carbocycles. The molecule has 4 rings (SSSR count). The van der Waals surface area contributed by atoms with Gasteiger partial charge in [-0.25, -0.2) is 0 Å². The highest BCUT2D eigenvalue weighted by molar-refractivity contribution is 7.99. The number of nitro benzene ring substituents is 1. The molecule has 3 aromatic rings. The fourth-order valence-electron chi connectivity index (χ4n) is 3.80. The van der Waals surface area contributed by atoms with Crippen LogP contribution < -0.4 is 4.90 Å². The average Bonchev–Trinajstić information content (AvgIpc) is 2.77. The number of nitrogens with zero attached hydrogens (tertiary/aromatic N) is 3. The Morgan fingerprint density at radius 2 is 1.67 bits per heavy atom. The first-order valence-electron chi connectivity index (χ1n) is 10.5. The van der Waals surface area contributed by atoms with Crippen LogP contribution in [0.15, 0.2) is 81.5 Å². The number of fused-ring (bicyclic) bond motifs is 1. The lowest BCUT2D eigenvalue weighted by Gasteiger charge is -2.40. The van der Waals surface area contributed by atoms with Crippen molar-refractivity contribution in [3.8, 4) is 0 Å². The lowest BCUT2D eigenvalue weighted by molar-refractivity contribution is -0.384. The first-order valence-corrected chi connectivity index (χ1v) is 11.7. The average molecular weight is 478 g/mol. The number of likely N-dealkylation sites (N-methyl/N-ethyl adjacent to an activating group) is 1. The molecule has 0 unspecified atom stereocenters. The molecule has 0 amide bonds. The van der Waals surface area contributed by atoms with Crippen molar-refractivity contribution in [1.82, 2.24) is 0 Å². The summed E-state index contributed by atoms with van der Waals surface area (Å²) in [6.45, 7) is 6.50. The quantitative estimate of drug-likeness (QED) is 0.214. The van der Waals surface area contributed by atoms with Crippen molar-refractivity contribution < 1.29 is 4.92 Å². The third-order valence-corrected chi connectivity index (χ3v) is 7.15. The molecule has 0 spiro atoms. The molecule has 0 fully saturated rings. The topological polar surface area (TPSA) is 58.7 Å². The highest BCUT2D eigenvalue weighted by atomic mass is 35.5. The number of non-ortho nitro benzene ring substituents is 1. The van der Waals surface area contributed by atoms with Gasteiger partial charge in [0.15, 0.2) is 0 Å². The number of anilines is 1. The fourth-order valence-corrected chi connectivity index (χ4v) is 4.83. The summed E-state index contributed by atoms with van der Waals surface area (Å²) in [5, 5.41) is 11.5. The van der Waals surface area contributed by atoms with E-state index < -0.39 is 4.92 Å². The zero-order chi connectivity index (χ0) is 23.8. The highest BCUT2D eigenvalue weighted by Gasteiger charge is 2.29. The number of nitro groups is 1. The van der Waals surface area contributed by atoms with Crippen molar-refractivity contribution in [3.05, 3.63) is 93.0 Å². The Morgan fingerprint density at radius 1 is 1.06 bits per heavy atom. The molecule has 1 aliphatic rings. The number of allylic oxidation sites excluding steroid dienone is 1. The van der Waals surface area contributed by atoms with Gasteiger partial charge in [-0.1, -0.05) is 29.4 Å². The van der Waals surface area contributed by atoms with Crippen LogP contribution in [0, 0.1) is 10.1 Å². The van der Waals surface area contributed by atoms with Gasteiger partial charge in [-0.15, -0.1) is 0 Å². The van der Waals surface area contributed by atoms with E-state index in [0.29, 0.717) is 5.02 Å². The second-order valence-electron chi connectivity index (χ2n) is 8.54. The minimum absolute atomic E-state index is 0.0652. The van der Waals surface area contributed by atoms with Crippen molar-refractivity contribution in [3.63, 3.8) is 0 Å². The Bertz CT molecular complexity index is 1270. The minimum atomic E-state index is -0.396. The summed E-state index contributed by atoms with van der Waals surface area (Å²) in [5.74, 6) is 0. The number of halogens is 1. The third-order valence-electron chi connectivity index (χ3n) is 5.81.